The predicted octanol–water partition coefficient (Wildman–Crippen LogP) is 3.41. The third-order valence-electron chi connectivity index (χ3n) is 4.02. The zero-order valence-corrected chi connectivity index (χ0v) is 14.3. The summed E-state index contributed by atoms with van der Waals surface area (Å²) in [5, 5.41) is 4.41. The minimum Gasteiger partial charge on any atom is -0.205 e. The molecule has 1 unspecified atom stereocenters. The maximum absolute atomic E-state index is 12.2. The van der Waals surface area contributed by atoms with E-state index in [-0.39, 0.29) is 6.04 Å². The summed E-state index contributed by atoms with van der Waals surface area (Å²) in [5.74, 6) is 0. The number of sulfonamides is 1. The van der Waals surface area contributed by atoms with Crippen LogP contribution in [0.4, 0.5) is 0 Å². The third kappa shape index (κ3) is 3.29. The van der Waals surface area contributed by atoms with Gasteiger partial charge in [-0.05, 0) is 25.0 Å². The van der Waals surface area contributed by atoms with Gasteiger partial charge in [-0.3, -0.25) is 0 Å². The number of aryl methyl sites for hydroxylation is 2. The zero-order chi connectivity index (χ0) is 16.6. The molecule has 1 atom stereocenters. The van der Waals surface area contributed by atoms with E-state index in [1.165, 1.54) is 16.2 Å². The summed E-state index contributed by atoms with van der Waals surface area (Å²) in [6.45, 7) is 4.03. The Labute approximate surface area is 137 Å². The molecule has 0 aliphatic carbocycles. The summed E-state index contributed by atoms with van der Waals surface area (Å²) in [6, 6.07) is 15.7. The van der Waals surface area contributed by atoms with Gasteiger partial charge in [-0.1, -0.05) is 59.7 Å². The van der Waals surface area contributed by atoms with Gasteiger partial charge in [0.25, 0.3) is 0 Å². The molecule has 23 heavy (non-hydrogen) atoms. The average Bonchev–Trinajstić information content (AvgIpc) is 2.93. The smallest absolute Gasteiger partial charge is 0.205 e. The number of hydrogen-bond acceptors (Lipinski definition) is 3. The minimum absolute atomic E-state index is 0.277. The fourth-order valence-corrected chi connectivity index (χ4v) is 3.75. The van der Waals surface area contributed by atoms with Gasteiger partial charge < -0.3 is 0 Å². The number of rotatable bonds is 3. The summed E-state index contributed by atoms with van der Waals surface area (Å²) in [7, 11) is -3.42. The molecular weight excluding hydrogens is 308 g/mol. The van der Waals surface area contributed by atoms with E-state index < -0.39 is 10.0 Å². The molecule has 1 heterocycles. The van der Waals surface area contributed by atoms with Crippen molar-refractivity contribution in [2.75, 3.05) is 6.26 Å². The Morgan fingerprint density at radius 2 is 1.74 bits per heavy atom. The van der Waals surface area contributed by atoms with Crippen molar-refractivity contribution < 1.29 is 8.42 Å². The van der Waals surface area contributed by atoms with Gasteiger partial charge >= 0.3 is 0 Å². The van der Waals surface area contributed by atoms with Crippen molar-refractivity contribution in [3.05, 3.63) is 70.8 Å². The Balaban J connectivity index is 2.01. The van der Waals surface area contributed by atoms with Gasteiger partial charge in [-0.15, -0.1) is 0 Å². The highest BCUT2D eigenvalue weighted by molar-refractivity contribution is 7.88. The SMILES string of the molecule is Cc1ccc(C2=NN(S(C)(=O)=O)C(c3cccc(C)c3)C2)cc1. The first-order chi connectivity index (χ1) is 10.8. The van der Waals surface area contributed by atoms with Crippen molar-refractivity contribution in [2.24, 2.45) is 5.10 Å². The highest BCUT2D eigenvalue weighted by atomic mass is 32.2. The quantitative estimate of drug-likeness (QED) is 0.867. The van der Waals surface area contributed by atoms with E-state index in [4.69, 9.17) is 0 Å². The van der Waals surface area contributed by atoms with Gasteiger partial charge in [-0.25, -0.2) is 8.42 Å². The van der Waals surface area contributed by atoms with E-state index in [0.29, 0.717) is 6.42 Å². The highest BCUT2D eigenvalue weighted by Crippen LogP contribution is 2.34. The van der Waals surface area contributed by atoms with Gasteiger partial charge in [0.05, 0.1) is 18.0 Å². The largest absolute Gasteiger partial charge is 0.247 e. The molecular formula is C18H20N2O2S. The van der Waals surface area contributed by atoms with Gasteiger partial charge in [-0.2, -0.15) is 9.52 Å². The van der Waals surface area contributed by atoms with E-state index in [1.54, 1.807) is 0 Å². The second-order valence-corrected chi connectivity index (χ2v) is 7.92. The van der Waals surface area contributed by atoms with Crippen LogP contribution in [0.15, 0.2) is 53.6 Å². The van der Waals surface area contributed by atoms with E-state index in [0.717, 1.165) is 22.4 Å². The number of hydrogen-bond donors (Lipinski definition) is 0. The molecule has 2 aromatic rings. The van der Waals surface area contributed by atoms with Crippen LogP contribution in [0.3, 0.4) is 0 Å². The molecule has 0 saturated heterocycles. The Bertz CT molecular complexity index is 855. The number of nitrogens with zero attached hydrogens (tertiary/aromatic N) is 2. The van der Waals surface area contributed by atoms with Crippen LogP contribution in [-0.2, 0) is 10.0 Å². The molecule has 2 aromatic carbocycles. The van der Waals surface area contributed by atoms with Crippen LogP contribution in [0.5, 0.6) is 0 Å². The molecule has 0 radical (unpaired) electrons. The van der Waals surface area contributed by atoms with Gasteiger partial charge in [0.2, 0.25) is 10.0 Å². The topological polar surface area (TPSA) is 49.7 Å². The minimum atomic E-state index is -3.42. The molecule has 3 rings (SSSR count). The molecule has 1 aliphatic heterocycles. The van der Waals surface area contributed by atoms with Gasteiger partial charge in [0.1, 0.15) is 0 Å². The molecule has 0 saturated carbocycles. The molecule has 5 heteroatoms. The summed E-state index contributed by atoms with van der Waals surface area (Å²) < 4.78 is 25.6. The Kier molecular flexibility index (Phi) is 3.98. The summed E-state index contributed by atoms with van der Waals surface area (Å²) in [6.07, 6.45) is 1.79. The molecule has 4 nitrogen and oxygen atoms in total. The molecule has 1 aliphatic rings. The summed E-state index contributed by atoms with van der Waals surface area (Å²) >= 11 is 0. The second-order valence-electron chi connectivity index (χ2n) is 6.08. The van der Waals surface area contributed by atoms with Crippen LogP contribution in [0.25, 0.3) is 0 Å². The van der Waals surface area contributed by atoms with E-state index in [2.05, 4.69) is 5.10 Å². The molecule has 0 amide bonds. The Morgan fingerprint density at radius 1 is 1.04 bits per heavy atom. The molecule has 0 bridgehead atoms. The molecule has 0 N–H and O–H groups in total. The number of benzene rings is 2. The van der Waals surface area contributed by atoms with E-state index in [9.17, 15) is 8.42 Å². The van der Waals surface area contributed by atoms with Crippen LogP contribution in [0.2, 0.25) is 0 Å². The van der Waals surface area contributed by atoms with Crippen molar-refractivity contribution in [3.8, 4) is 0 Å². The predicted molar refractivity (Wildman–Crippen MR) is 92.9 cm³/mol. The van der Waals surface area contributed by atoms with E-state index >= 15 is 0 Å². The molecule has 120 valence electrons. The fraction of sp³-hybridized carbons (Fsp3) is 0.278. The summed E-state index contributed by atoms with van der Waals surface area (Å²) in [5.41, 5.74) is 5.03. The third-order valence-corrected chi connectivity index (χ3v) is 5.04. The van der Waals surface area contributed by atoms with Crippen LogP contribution < -0.4 is 0 Å². The van der Waals surface area contributed by atoms with Crippen molar-refractivity contribution in [1.29, 1.82) is 0 Å². The van der Waals surface area contributed by atoms with Gasteiger partial charge in [0.15, 0.2) is 0 Å². The first kappa shape index (κ1) is 15.7. The van der Waals surface area contributed by atoms with Crippen molar-refractivity contribution in [2.45, 2.75) is 26.3 Å². The lowest BCUT2D eigenvalue weighted by atomic mass is 9.98. The van der Waals surface area contributed by atoms with Crippen LogP contribution >= 0.6 is 0 Å². The Morgan fingerprint density at radius 3 is 2.35 bits per heavy atom. The molecule has 0 spiro atoms. The lowest BCUT2D eigenvalue weighted by Crippen LogP contribution is -2.25. The van der Waals surface area contributed by atoms with Crippen molar-refractivity contribution in [3.63, 3.8) is 0 Å². The van der Waals surface area contributed by atoms with E-state index in [1.807, 2.05) is 62.4 Å². The highest BCUT2D eigenvalue weighted by Gasteiger charge is 2.34. The van der Waals surface area contributed by atoms with Crippen LogP contribution in [-0.4, -0.2) is 24.8 Å². The first-order valence-corrected chi connectivity index (χ1v) is 9.40. The zero-order valence-electron chi connectivity index (χ0n) is 13.5. The van der Waals surface area contributed by atoms with Crippen molar-refractivity contribution >= 4 is 15.7 Å². The molecule has 0 fully saturated rings. The lowest BCUT2D eigenvalue weighted by Gasteiger charge is -2.21. The molecule has 0 aromatic heterocycles. The average molecular weight is 328 g/mol. The van der Waals surface area contributed by atoms with Gasteiger partial charge in [0, 0.05) is 6.42 Å². The Hall–Kier alpha value is -2.14. The fourth-order valence-electron chi connectivity index (χ4n) is 2.84. The maximum Gasteiger partial charge on any atom is 0.247 e. The lowest BCUT2D eigenvalue weighted by molar-refractivity contribution is 0.374. The first-order valence-electron chi connectivity index (χ1n) is 7.55. The van der Waals surface area contributed by atoms with Crippen LogP contribution in [0, 0.1) is 13.8 Å². The van der Waals surface area contributed by atoms with Crippen molar-refractivity contribution in [1.82, 2.24) is 4.41 Å². The monoisotopic (exact) mass is 328 g/mol. The standard InChI is InChI=1S/C18H20N2O2S/c1-13-7-9-15(10-8-13)17-12-18(20(19-17)23(3,21)22)16-6-4-5-14(2)11-16/h4-11,18H,12H2,1-3H3. The summed E-state index contributed by atoms with van der Waals surface area (Å²) in [4.78, 5) is 0. The maximum atomic E-state index is 12.2. The normalized spacial score (nSPS) is 18.1. The second kappa shape index (κ2) is 5.81. The van der Waals surface area contributed by atoms with Crippen LogP contribution in [0.1, 0.15) is 34.7 Å². The number of hydrazone groups is 1.